The van der Waals surface area contributed by atoms with Gasteiger partial charge < -0.3 is 24.8 Å². The average Bonchev–Trinajstić information content (AvgIpc) is 2.88. The van der Waals surface area contributed by atoms with E-state index < -0.39 is 23.7 Å². The second-order valence-electron chi connectivity index (χ2n) is 7.53. The van der Waals surface area contributed by atoms with Gasteiger partial charge in [0.05, 0.1) is 25.5 Å². The largest absolute Gasteiger partial charge is 0.493 e. The van der Waals surface area contributed by atoms with E-state index >= 15 is 0 Å². The third-order valence-electron chi connectivity index (χ3n) is 5.07. The first-order valence-corrected chi connectivity index (χ1v) is 11.8. The van der Waals surface area contributed by atoms with E-state index in [0.717, 1.165) is 5.56 Å². The molecular weight excluding hydrogens is 490 g/mol. The highest BCUT2D eigenvalue weighted by atomic mass is 32.2. The molecule has 0 saturated carbocycles. The average molecular weight is 517 g/mol. The minimum atomic E-state index is -2.50. The number of benzene rings is 3. The molecule has 190 valence electrons. The standard InChI is InChI=1S/C26H26F2N2O5S/c1-16(24(31)29-15-17-8-13-22(33-2)23(14-17)34-3)35-25(32)20-6-4-5-7-21(20)30-18-9-11-19(12-10-18)36-26(27)28/h4-14,16,26,30H,15H2,1-3H3,(H,29,31)/t16-/m1/s1. The van der Waals surface area contributed by atoms with E-state index in [0.29, 0.717) is 39.5 Å². The van der Waals surface area contributed by atoms with Crippen LogP contribution >= 0.6 is 11.8 Å². The number of methoxy groups -OCH3 is 2. The molecule has 3 aromatic carbocycles. The van der Waals surface area contributed by atoms with Crippen LogP contribution in [-0.4, -0.2) is 38.0 Å². The lowest BCUT2D eigenvalue weighted by molar-refractivity contribution is -0.129. The zero-order valence-electron chi connectivity index (χ0n) is 19.9. The number of ether oxygens (including phenoxy) is 3. The Labute approximate surface area is 212 Å². The first kappa shape index (κ1) is 26.8. The van der Waals surface area contributed by atoms with Gasteiger partial charge in [-0.2, -0.15) is 8.78 Å². The molecule has 10 heteroatoms. The summed E-state index contributed by atoms with van der Waals surface area (Å²) in [5.41, 5.74) is 2.07. The number of carbonyl (C=O) groups is 2. The van der Waals surface area contributed by atoms with E-state index in [4.69, 9.17) is 14.2 Å². The molecule has 0 unspecified atom stereocenters. The number of carbonyl (C=O) groups excluding carboxylic acids is 2. The number of para-hydroxylation sites is 1. The van der Waals surface area contributed by atoms with E-state index in [9.17, 15) is 18.4 Å². The smallest absolute Gasteiger partial charge is 0.341 e. The van der Waals surface area contributed by atoms with E-state index in [-0.39, 0.29) is 12.1 Å². The van der Waals surface area contributed by atoms with Gasteiger partial charge in [0.25, 0.3) is 11.7 Å². The monoisotopic (exact) mass is 516 g/mol. The van der Waals surface area contributed by atoms with Crippen molar-refractivity contribution >= 4 is 35.0 Å². The summed E-state index contributed by atoms with van der Waals surface area (Å²) in [7, 11) is 3.06. The molecule has 1 amide bonds. The summed E-state index contributed by atoms with van der Waals surface area (Å²) in [6, 6.07) is 18.3. The second kappa shape index (κ2) is 12.8. The van der Waals surface area contributed by atoms with Crippen LogP contribution in [0.1, 0.15) is 22.8 Å². The van der Waals surface area contributed by atoms with Crippen LogP contribution in [0.2, 0.25) is 0 Å². The number of amides is 1. The Morgan fingerprint density at radius 2 is 1.64 bits per heavy atom. The number of alkyl halides is 2. The maximum absolute atomic E-state index is 12.8. The van der Waals surface area contributed by atoms with Crippen LogP contribution in [0.3, 0.4) is 0 Å². The van der Waals surface area contributed by atoms with E-state index in [1.54, 1.807) is 66.7 Å². The lowest BCUT2D eigenvalue weighted by Gasteiger charge is -2.16. The molecule has 0 aliphatic rings. The lowest BCUT2D eigenvalue weighted by atomic mass is 10.1. The molecule has 0 heterocycles. The molecule has 0 aliphatic carbocycles. The molecule has 7 nitrogen and oxygen atoms in total. The molecule has 0 radical (unpaired) electrons. The molecule has 36 heavy (non-hydrogen) atoms. The van der Waals surface area contributed by atoms with Gasteiger partial charge in [-0.15, -0.1) is 0 Å². The Morgan fingerprint density at radius 3 is 2.31 bits per heavy atom. The topological polar surface area (TPSA) is 85.9 Å². The van der Waals surface area contributed by atoms with Gasteiger partial charge in [0.15, 0.2) is 17.6 Å². The molecule has 0 spiro atoms. The van der Waals surface area contributed by atoms with Gasteiger partial charge in [0.1, 0.15) is 0 Å². The van der Waals surface area contributed by atoms with Crippen molar-refractivity contribution < 1.29 is 32.6 Å². The number of rotatable bonds is 11. The van der Waals surface area contributed by atoms with E-state index in [1.165, 1.54) is 21.1 Å². The summed E-state index contributed by atoms with van der Waals surface area (Å²) in [4.78, 5) is 25.8. The van der Waals surface area contributed by atoms with Gasteiger partial charge in [-0.3, -0.25) is 4.79 Å². The zero-order chi connectivity index (χ0) is 26.1. The van der Waals surface area contributed by atoms with E-state index in [1.807, 2.05) is 0 Å². The van der Waals surface area contributed by atoms with Crippen molar-refractivity contribution in [3.8, 4) is 11.5 Å². The third kappa shape index (κ3) is 7.35. The van der Waals surface area contributed by atoms with Crippen LogP contribution in [0, 0.1) is 0 Å². The van der Waals surface area contributed by atoms with Gasteiger partial charge in [0, 0.05) is 17.1 Å². The number of hydrogen-bond donors (Lipinski definition) is 2. The highest BCUT2D eigenvalue weighted by molar-refractivity contribution is 7.99. The molecule has 0 saturated heterocycles. The van der Waals surface area contributed by atoms with Crippen molar-refractivity contribution in [3.05, 3.63) is 77.9 Å². The van der Waals surface area contributed by atoms with E-state index in [2.05, 4.69) is 10.6 Å². The van der Waals surface area contributed by atoms with Crippen LogP contribution in [0.5, 0.6) is 11.5 Å². The summed E-state index contributed by atoms with van der Waals surface area (Å²) in [6.45, 7) is 1.69. The molecule has 0 bridgehead atoms. The Morgan fingerprint density at radius 1 is 0.944 bits per heavy atom. The van der Waals surface area contributed by atoms with Gasteiger partial charge in [-0.05, 0) is 61.0 Å². The number of halogens is 2. The predicted octanol–water partition coefficient (Wildman–Crippen LogP) is 5.62. The fourth-order valence-electron chi connectivity index (χ4n) is 3.25. The number of thioether (sulfide) groups is 1. The van der Waals surface area contributed by atoms with Gasteiger partial charge >= 0.3 is 5.97 Å². The Hall–Kier alpha value is -3.79. The fourth-order valence-corrected chi connectivity index (χ4v) is 3.75. The van der Waals surface area contributed by atoms with Crippen molar-refractivity contribution in [2.24, 2.45) is 0 Å². The Balaban J connectivity index is 1.60. The molecule has 0 fully saturated rings. The maximum Gasteiger partial charge on any atom is 0.341 e. The highest BCUT2D eigenvalue weighted by Gasteiger charge is 2.21. The Bertz CT molecular complexity index is 1190. The quantitative estimate of drug-likeness (QED) is 0.253. The number of anilines is 2. The molecular formula is C26H26F2N2O5S. The van der Waals surface area contributed by atoms with Crippen LogP contribution in [0.25, 0.3) is 0 Å². The van der Waals surface area contributed by atoms with Crippen molar-refractivity contribution in [2.75, 3.05) is 19.5 Å². The summed E-state index contributed by atoms with van der Waals surface area (Å²) in [5, 5.41) is 5.82. The number of nitrogens with one attached hydrogen (secondary N) is 2. The van der Waals surface area contributed by atoms with Crippen LogP contribution in [0.4, 0.5) is 20.2 Å². The van der Waals surface area contributed by atoms with Crippen LogP contribution in [-0.2, 0) is 16.1 Å². The van der Waals surface area contributed by atoms with Crippen molar-refractivity contribution in [1.29, 1.82) is 0 Å². The highest BCUT2D eigenvalue weighted by Crippen LogP contribution is 2.29. The number of esters is 1. The molecule has 2 N–H and O–H groups in total. The van der Waals surface area contributed by atoms with Gasteiger partial charge in [-0.1, -0.05) is 30.0 Å². The minimum Gasteiger partial charge on any atom is -0.493 e. The van der Waals surface area contributed by atoms with Crippen molar-refractivity contribution in [2.45, 2.75) is 30.2 Å². The SMILES string of the molecule is COc1ccc(CNC(=O)[C@@H](C)OC(=O)c2ccccc2Nc2ccc(SC(F)F)cc2)cc1OC. The first-order chi connectivity index (χ1) is 17.3. The summed E-state index contributed by atoms with van der Waals surface area (Å²) >= 11 is 0.452. The normalized spacial score (nSPS) is 11.5. The zero-order valence-corrected chi connectivity index (χ0v) is 20.7. The van der Waals surface area contributed by atoms with Crippen molar-refractivity contribution in [3.63, 3.8) is 0 Å². The third-order valence-corrected chi connectivity index (χ3v) is 5.80. The van der Waals surface area contributed by atoms with Crippen LogP contribution < -0.4 is 20.1 Å². The molecule has 1 atom stereocenters. The van der Waals surface area contributed by atoms with Gasteiger partial charge in [-0.25, -0.2) is 4.79 Å². The molecule has 3 aromatic rings. The first-order valence-electron chi connectivity index (χ1n) is 10.9. The second-order valence-corrected chi connectivity index (χ2v) is 8.59. The minimum absolute atomic E-state index is 0.207. The lowest BCUT2D eigenvalue weighted by Crippen LogP contribution is -2.35. The summed E-state index contributed by atoms with van der Waals surface area (Å²) in [5.74, 6) is -2.54. The molecule has 0 aromatic heterocycles. The van der Waals surface area contributed by atoms with Gasteiger partial charge in [0.2, 0.25) is 0 Å². The van der Waals surface area contributed by atoms with Crippen LogP contribution in [0.15, 0.2) is 71.6 Å². The summed E-state index contributed by atoms with van der Waals surface area (Å²) in [6.07, 6.45) is -1.05. The fraction of sp³-hybridized carbons (Fsp3) is 0.231. The predicted molar refractivity (Wildman–Crippen MR) is 134 cm³/mol. The number of hydrogen-bond acceptors (Lipinski definition) is 7. The molecule has 3 rings (SSSR count). The maximum atomic E-state index is 12.8. The van der Waals surface area contributed by atoms with Crippen molar-refractivity contribution in [1.82, 2.24) is 5.32 Å². The Kier molecular flexibility index (Phi) is 9.52. The summed E-state index contributed by atoms with van der Waals surface area (Å²) < 4.78 is 40.9. The molecule has 0 aliphatic heterocycles.